The van der Waals surface area contributed by atoms with E-state index in [1.807, 2.05) is 60.4 Å². The molecular weight excluding hydrogens is 376 g/mol. The molecule has 1 aliphatic rings. The zero-order valence-electron chi connectivity index (χ0n) is 18.0. The minimum Gasteiger partial charge on any atom is -0.493 e. The van der Waals surface area contributed by atoms with E-state index in [9.17, 15) is 4.79 Å². The standard InChI is InChI=1S/C25H30N2O3/c1-4-22(14-12-20-10-6-5-7-11-20)27(19-26-16-8-9-17-26)25(28)21-13-15-23(29-2)24(18-21)30-3/h4-7,10-15,18H,8-9,16-17,19H2,1-3H3. The lowest BCUT2D eigenvalue weighted by atomic mass is 10.1. The Hall–Kier alpha value is -3.05. The average Bonchev–Trinajstić information content (AvgIpc) is 3.31. The fourth-order valence-electron chi connectivity index (χ4n) is 3.60. The van der Waals surface area contributed by atoms with Crippen molar-refractivity contribution in [2.24, 2.45) is 0 Å². The number of carbonyl (C=O) groups excluding carboxylic acids is 1. The Morgan fingerprint density at radius 3 is 2.37 bits per heavy atom. The molecule has 5 nitrogen and oxygen atoms in total. The van der Waals surface area contributed by atoms with E-state index in [2.05, 4.69) is 4.90 Å². The third-order valence-corrected chi connectivity index (χ3v) is 5.27. The van der Waals surface area contributed by atoms with Crippen molar-refractivity contribution < 1.29 is 14.3 Å². The summed E-state index contributed by atoms with van der Waals surface area (Å²) in [6, 6.07) is 15.4. The lowest BCUT2D eigenvalue weighted by Gasteiger charge is -2.29. The zero-order valence-corrected chi connectivity index (χ0v) is 18.0. The van der Waals surface area contributed by atoms with Crippen LogP contribution in [0.2, 0.25) is 0 Å². The van der Waals surface area contributed by atoms with Gasteiger partial charge >= 0.3 is 0 Å². The Labute approximate surface area is 179 Å². The van der Waals surface area contributed by atoms with Crippen molar-refractivity contribution in [1.82, 2.24) is 9.80 Å². The Kier molecular flexibility index (Phi) is 7.69. The molecule has 1 saturated heterocycles. The fraction of sp³-hybridized carbons (Fsp3) is 0.320. The predicted octanol–water partition coefficient (Wildman–Crippen LogP) is 4.82. The molecule has 0 atom stereocenters. The second-order valence-electron chi connectivity index (χ2n) is 7.23. The van der Waals surface area contributed by atoms with Crippen LogP contribution in [0.15, 0.2) is 66.4 Å². The van der Waals surface area contributed by atoms with Gasteiger partial charge in [0.05, 0.1) is 20.9 Å². The molecule has 158 valence electrons. The maximum absolute atomic E-state index is 13.5. The summed E-state index contributed by atoms with van der Waals surface area (Å²) >= 11 is 0. The summed E-state index contributed by atoms with van der Waals surface area (Å²) in [6.07, 6.45) is 8.36. The first-order valence-electron chi connectivity index (χ1n) is 10.3. The molecule has 1 amide bonds. The molecule has 3 rings (SSSR count). The van der Waals surface area contributed by atoms with Gasteiger partial charge in [0.15, 0.2) is 11.5 Å². The van der Waals surface area contributed by atoms with Crippen molar-refractivity contribution in [3.63, 3.8) is 0 Å². The van der Waals surface area contributed by atoms with Crippen LogP contribution < -0.4 is 9.47 Å². The van der Waals surface area contributed by atoms with E-state index >= 15 is 0 Å². The van der Waals surface area contributed by atoms with E-state index in [0.717, 1.165) is 24.4 Å². The van der Waals surface area contributed by atoms with Crippen molar-refractivity contribution >= 4 is 12.0 Å². The molecule has 30 heavy (non-hydrogen) atoms. The van der Waals surface area contributed by atoms with E-state index in [1.54, 1.807) is 32.4 Å². The number of methoxy groups -OCH3 is 2. The summed E-state index contributed by atoms with van der Waals surface area (Å²) in [4.78, 5) is 17.7. The first kappa shape index (κ1) is 21.7. The van der Waals surface area contributed by atoms with Crippen LogP contribution in [0, 0.1) is 0 Å². The lowest BCUT2D eigenvalue weighted by molar-refractivity contribution is 0.0731. The van der Waals surface area contributed by atoms with Crippen LogP contribution in [0.4, 0.5) is 0 Å². The molecule has 0 spiro atoms. The van der Waals surface area contributed by atoms with Gasteiger partial charge in [0.25, 0.3) is 5.91 Å². The van der Waals surface area contributed by atoms with Crippen LogP contribution in [0.5, 0.6) is 11.5 Å². The largest absolute Gasteiger partial charge is 0.493 e. The van der Waals surface area contributed by atoms with Gasteiger partial charge in [-0.1, -0.05) is 42.5 Å². The molecule has 5 heteroatoms. The minimum absolute atomic E-state index is 0.0614. The highest BCUT2D eigenvalue weighted by atomic mass is 16.5. The smallest absolute Gasteiger partial charge is 0.259 e. The monoisotopic (exact) mass is 406 g/mol. The van der Waals surface area contributed by atoms with Gasteiger partial charge in [0, 0.05) is 11.3 Å². The molecule has 0 radical (unpaired) electrons. The SMILES string of the molecule is CC=C(C=Cc1ccccc1)N(CN1CCCC1)C(=O)c1ccc(OC)c(OC)c1. The maximum Gasteiger partial charge on any atom is 0.259 e. The van der Waals surface area contributed by atoms with Crippen molar-refractivity contribution in [2.45, 2.75) is 19.8 Å². The molecule has 0 unspecified atom stereocenters. The van der Waals surface area contributed by atoms with Gasteiger partial charge in [0.2, 0.25) is 0 Å². The van der Waals surface area contributed by atoms with Gasteiger partial charge in [-0.3, -0.25) is 14.6 Å². The Morgan fingerprint density at radius 1 is 1.03 bits per heavy atom. The second kappa shape index (κ2) is 10.6. The third-order valence-electron chi connectivity index (χ3n) is 5.27. The van der Waals surface area contributed by atoms with Crippen molar-refractivity contribution in [3.8, 4) is 11.5 Å². The maximum atomic E-state index is 13.5. The Balaban J connectivity index is 1.90. The highest BCUT2D eigenvalue weighted by Gasteiger charge is 2.23. The predicted molar refractivity (Wildman–Crippen MR) is 121 cm³/mol. The van der Waals surface area contributed by atoms with Crippen molar-refractivity contribution in [2.75, 3.05) is 34.0 Å². The van der Waals surface area contributed by atoms with E-state index < -0.39 is 0 Å². The summed E-state index contributed by atoms with van der Waals surface area (Å²) in [5.74, 6) is 1.09. The van der Waals surface area contributed by atoms with Gasteiger partial charge < -0.3 is 9.47 Å². The molecule has 0 bridgehead atoms. The molecule has 2 aromatic rings. The van der Waals surface area contributed by atoms with Gasteiger partial charge in [-0.2, -0.15) is 0 Å². The highest BCUT2D eigenvalue weighted by molar-refractivity contribution is 5.96. The average molecular weight is 407 g/mol. The minimum atomic E-state index is -0.0614. The van der Waals surface area contributed by atoms with Crippen LogP contribution in [-0.4, -0.2) is 49.7 Å². The number of benzene rings is 2. The summed E-state index contributed by atoms with van der Waals surface area (Å²) in [5.41, 5.74) is 2.53. The van der Waals surface area contributed by atoms with E-state index in [4.69, 9.17) is 9.47 Å². The third kappa shape index (κ3) is 5.30. The number of carbonyl (C=O) groups is 1. The molecule has 1 fully saturated rings. The van der Waals surface area contributed by atoms with E-state index in [-0.39, 0.29) is 5.91 Å². The van der Waals surface area contributed by atoms with Crippen LogP contribution in [0.1, 0.15) is 35.7 Å². The summed E-state index contributed by atoms with van der Waals surface area (Å²) < 4.78 is 10.7. The highest BCUT2D eigenvalue weighted by Crippen LogP contribution is 2.29. The molecule has 2 aromatic carbocycles. The van der Waals surface area contributed by atoms with Crippen LogP contribution in [0.25, 0.3) is 6.08 Å². The molecule has 0 saturated carbocycles. The summed E-state index contributed by atoms with van der Waals surface area (Å²) in [7, 11) is 3.17. The number of nitrogens with zero attached hydrogens (tertiary/aromatic N) is 2. The number of hydrogen-bond donors (Lipinski definition) is 0. The number of rotatable bonds is 8. The molecule has 0 aliphatic carbocycles. The summed E-state index contributed by atoms with van der Waals surface area (Å²) in [5, 5.41) is 0. The first-order chi connectivity index (χ1) is 14.7. The number of ether oxygens (including phenoxy) is 2. The second-order valence-corrected chi connectivity index (χ2v) is 7.23. The van der Waals surface area contributed by atoms with E-state index in [1.165, 1.54) is 12.8 Å². The number of allylic oxidation sites excluding steroid dienone is 2. The number of likely N-dealkylation sites (tertiary alicyclic amines) is 1. The fourth-order valence-corrected chi connectivity index (χ4v) is 3.60. The van der Waals surface area contributed by atoms with Gasteiger partial charge in [-0.25, -0.2) is 0 Å². The van der Waals surface area contributed by atoms with Gasteiger partial charge in [-0.05, 0) is 62.7 Å². The molecular formula is C25H30N2O3. The number of amides is 1. The van der Waals surface area contributed by atoms with Crippen molar-refractivity contribution in [1.29, 1.82) is 0 Å². The van der Waals surface area contributed by atoms with Crippen LogP contribution in [0.3, 0.4) is 0 Å². The number of hydrogen-bond acceptors (Lipinski definition) is 4. The van der Waals surface area contributed by atoms with Gasteiger partial charge in [-0.15, -0.1) is 0 Å². The first-order valence-corrected chi connectivity index (χ1v) is 10.3. The van der Waals surface area contributed by atoms with Crippen LogP contribution in [-0.2, 0) is 0 Å². The zero-order chi connectivity index (χ0) is 21.3. The van der Waals surface area contributed by atoms with Gasteiger partial charge in [0.1, 0.15) is 0 Å². The summed E-state index contributed by atoms with van der Waals surface area (Å²) in [6.45, 7) is 4.54. The topological polar surface area (TPSA) is 42.0 Å². The normalized spacial score (nSPS) is 14.8. The Bertz CT molecular complexity index is 900. The quantitative estimate of drug-likeness (QED) is 0.590. The lowest BCUT2D eigenvalue weighted by Crippen LogP contribution is -2.39. The molecule has 0 N–H and O–H groups in total. The molecule has 1 heterocycles. The van der Waals surface area contributed by atoms with Crippen molar-refractivity contribution in [3.05, 3.63) is 77.5 Å². The molecule has 0 aromatic heterocycles. The molecule has 1 aliphatic heterocycles. The van der Waals surface area contributed by atoms with E-state index in [0.29, 0.717) is 23.7 Å². The Morgan fingerprint density at radius 2 is 1.73 bits per heavy atom. The van der Waals surface area contributed by atoms with Crippen LogP contribution >= 0.6 is 0 Å².